The fraction of sp³-hybridized carbons (Fsp3) is 0.500. The fourth-order valence-electron chi connectivity index (χ4n) is 0.584. The van der Waals surface area contributed by atoms with Gasteiger partial charge in [0.1, 0.15) is 5.01 Å². The second kappa shape index (κ2) is 3.22. The molecule has 0 saturated carbocycles. The highest BCUT2D eigenvalue weighted by Gasteiger charge is 1.95. The van der Waals surface area contributed by atoms with Crippen LogP contribution in [0.2, 0.25) is 0 Å². The monoisotopic (exact) mass is 159 g/mol. The van der Waals surface area contributed by atoms with E-state index < -0.39 is 0 Å². The summed E-state index contributed by atoms with van der Waals surface area (Å²) in [6, 6.07) is 0. The van der Waals surface area contributed by atoms with Crippen LogP contribution in [0, 0.1) is 0 Å². The highest BCUT2D eigenvalue weighted by molar-refractivity contribution is 7.79. The maximum Gasteiger partial charge on any atom is 0.102 e. The predicted octanol–water partition coefficient (Wildman–Crippen LogP) is 2.14. The Bertz CT molecular complexity index is 164. The maximum absolute atomic E-state index is 4.29. The zero-order chi connectivity index (χ0) is 6.69. The van der Waals surface area contributed by atoms with Gasteiger partial charge >= 0.3 is 0 Å². The van der Waals surface area contributed by atoms with Crippen LogP contribution in [-0.4, -0.2) is 4.98 Å². The largest absolute Gasteiger partial charge is 0.245 e. The first-order valence-electron chi connectivity index (χ1n) is 2.91. The van der Waals surface area contributed by atoms with Crippen LogP contribution in [0.3, 0.4) is 0 Å². The number of rotatable bonds is 2. The van der Waals surface area contributed by atoms with Gasteiger partial charge in [-0.25, -0.2) is 4.98 Å². The van der Waals surface area contributed by atoms with Crippen LogP contribution < -0.4 is 0 Å². The summed E-state index contributed by atoms with van der Waals surface area (Å²) in [5.74, 6) is 0.769. The molecule has 0 radical (unpaired) electrons. The molecule has 1 aromatic heterocycles. The Morgan fingerprint density at radius 3 is 2.89 bits per heavy atom. The Hall–Kier alpha value is -0.0200. The maximum atomic E-state index is 4.29. The lowest BCUT2D eigenvalue weighted by molar-refractivity contribution is 1.04. The average molecular weight is 159 g/mol. The Labute approximate surface area is 64.5 Å². The number of aryl methyl sites for hydroxylation is 1. The van der Waals surface area contributed by atoms with E-state index >= 15 is 0 Å². The molecule has 0 unspecified atom stereocenters. The smallest absolute Gasteiger partial charge is 0.102 e. The zero-order valence-corrected chi connectivity index (χ0v) is 7.01. The third-order valence-corrected chi connectivity index (χ3v) is 2.51. The minimum Gasteiger partial charge on any atom is -0.245 e. The van der Waals surface area contributed by atoms with Crippen LogP contribution in [0.25, 0.3) is 0 Å². The van der Waals surface area contributed by atoms with E-state index in [1.54, 1.807) is 11.3 Å². The summed E-state index contributed by atoms with van der Waals surface area (Å²) in [6.45, 7) is 2.11. The highest BCUT2D eigenvalue weighted by atomic mass is 32.1. The summed E-state index contributed by atoms with van der Waals surface area (Å²) >= 11 is 5.80. The van der Waals surface area contributed by atoms with Crippen molar-refractivity contribution in [2.45, 2.75) is 19.1 Å². The molecule has 1 heterocycles. The molecule has 1 rings (SSSR count). The van der Waals surface area contributed by atoms with E-state index in [2.05, 4.69) is 29.9 Å². The quantitative estimate of drug-likeness (QED) is 0.652. The van der Waals surface area contributed by atoms with Crippen LogP contribution in [-0.2, 0) is 12.2 Å². The van der Waals surface area contributed by atoms with Crippen molar-refractivity contribution in [3.63, 3.8) is 0 Å². The van der Waals surface area contributed by atoms with E-state index in [1.165, 1.54) is 5.69 Å². The standard InChI is InChI=1S/C6H9NS2/c1-2-5-4-9-6(3-8)7-5/h4,8H,2-3H2,1H3. The van der Waals surface area contributed by atoms with Crippen molar-refractivity contribution in [1.29, 1.82) is 0 Å². The topological polar surface area (TPSA) is 12.9 Å². The summed E-state index contributed by atoms with van der Waals surface area (Å²) < 4.78 is 0. The molecule has 3 heteroatoms. The average Bonchev–Trinajstić information content (AvgIpc) is 2.34. The molecular weight excluding hydrogens is 150 g/mol. The SMILES string of the molecule is CCc1csc(CS)n1. The Morgan fingerprint density at radius 2 is 2.56 bits per heavy atom. The van der Waals surface area contributed by atoms with Gasteiger partial charge < -0.3 is 0 Å². The molecular formula is C6H9NS2. The van der Waals surface area contributed by atoms with E-state index in [0.29, 0.717) is 0 Å². The molecule has 0 atom stereocenters. The molecule has 0 saturated heterocycles. The second-order valence-electron chi connectivity index (χ2n) is 1.74. The third kappa shape index (κ3) is 1.69. The van der Waals surface area contributed by atoms with Crippen molar-refractivity contribution >= 4 is 24.0 Å². The number of thiazole rings is 1. The van der Waals surface area contributed by atoms with Crippen LogP contribution in [0.1, 0.15) is 17.6 Å². The normalized spacial score (nSPS) is 10.0. The number of thiol groups is 1. The van der Waals surface area contributed by atoms with Gasteiger partial charge in [0, 0.05) is 11.1 Å². The van der Waals surface area contributed by atoms with E-state index in [-0.39, 0.29) is 0 Å². The number of hydrogen-bond acceptors (Lipinski definition) is 3. The molecule has 0 bridgehead atoms. The molecule has 9 heavy (non-hydrogen) atoms. The number of aromatic nitrogens is 1. The number of hydrogen-bond donors (Lipinski definition) is 1. The van der Waals surface area contributed by atoms with Crippen LogP contribution in [0.4, 0.5) is 0 Å². The third-order valence-electron chi connectivity index (χ3n) is 1.10. The summed E-state index contributed by atoms with van der Waals surface area (Å²) in [4.78, 5) is 4.29. The van der Waals surface area contributed by atoms with Crippen molar-refractivity contribution in [1.82, 2.24) is 4.98 Å². The molecule has 0 amide bonds. The van der Waals surface area contributed by atoms with Gasteiger partial charge in [0.2, 0.25) is 0 Å². The summed E-state index contributed by atoms with van der Waals surface area (Å²) in [5, 5.41) is 3.21. The first kappa shape index (κ1) is 7.09. The van der Waals surface area contributed by atoms with Gasteiger partial charge in [-0.3, -0.25) is 0 Å². The zero-order valence-electron chi connectivity index (χ0n) is 5.29. The lowest BCUT2D eigenvalue weighted by Gasteiger charge is -1.82. The summed E-state index contributed by atoms with van der Waals surface area (Å²) in [5.41, 5.74) is 1.18. The van der Waals surface area contributed by atoms with Gasteiger partial charge in [-0.05, 0) is 6.42 Å². The molecule has 0 aliphatic rings. The van der Waals surface area contributed by atoms with Crippen molar-refractivity contribution in [3.8, 4) is 0 Å². The van der Waals surface area contributed by atoms with E-state index in [1.807, 2.05) is 0 Å². The minimum atomic E-state index is 0.769. The van der Waals surface area contributed by atoms with Gasteiger partial charge in [-0.15, -0.1) is 11.3 Å². The van der Waals surface area contributed by atoms with E-state index in [9.17, 15) is 0 Å². The molecule has 0 aromatic carbocycles. The molecule has 1 nitrogen and oxygen atoms in total. The summed E-state index contributed by atoms with van der Waals surface area (Å²) in [7, 11) is 0. The first-order chi connectivity index (χ1) is 4.36. The van der Waals surface area contributed by atoms with Crippen molar-refractivity contribution < 1.29 is 0 Å². The predicted molar refractivity (Wildman–Crippen MR) is 44.2 cm³/mol. The molecule has 50 valence electrons. The lowest BCUT2D eigenvalue weighted by atomic mass is 10.4. The molecule has 0 aliphatic heterocycles. The van der Waals surface area contributed by atoms with Gasteiger partial charge in [0.15, 0.2) is 0 Å². The van der Waals surface area contributed by atoms with Crippen LogP contribution >= 0.6 is 24.0 Å². The fourth-order valence-corrected chi connectivity index (χ4v) is 1.61. The Balaban J connectivity index is 2.74. The Morgan fingerprint density at radius 1 is 1.78 bits per heavy atom. The van der Waals surface area contributed by atoms with Crippen LogP contribution in [0.5, 0.6) is 0 Å². The number of nitrogens with zero attached hydrogens (tertiary/aromatic N) is 1. The van der Waals surface area contributed by atoms with Crippen molar-refractivity contribution in [2.75, 3.05) is 0 Å². The van der Waals surface area contributed by atoms with Crippen molar-refractivity contribution in [3.05, 3.63) is 16.1 Å². The molecule has 0 fully saturated rings. The molecule has 0 aliphatic carbocycles. The van der Waals surface area contributed by atoms with Crippen LogP contribution in [0.15, 0.2) is 5.38 Å². The van der Waals surface area contributed by atoms with E-state index in [4.69, 9.17) is 0 Å². The van der Waals surface area contributed by atoms with Gasteiger partial charge in [-0.1, -0.05) is 6.92 Å². The highest BCUT2D eigenvalue weighted by Crippen LogP contribution is 2.11. The van der Waals surface area contributed by atoms with Gasteiger partial charge in [0.25, 0.3) is 0 Å². The second-order valence-corrected chi connectivity index (χ2v) is 3.00. The lowest BCUT2D eigenvalue weighted by Crippen LogP contribution is -1.79. The summed E-state index contributed by atoms with van der Waals surface area (Å²) in [6.07, 6.45) is 1.03. The first-order valence-corrected chi connectivity index (χ1v) is 4.42. The minimum absolute atomic E-state index is 0.769. The van der Waals surface area contributed by atoms with Crippen molar-refractivity contribution in [2.24, 2.45) is 0 Å². The molecule has 0 spiro atoms. The molecule has 0 N–H and O–H groups in total. The van der Waals surface area contributed by atoms with Gasteiger partial charge in [-0.2, -0.15) is 12.6 Å². The molecule has 1 aromatic rings. The van der Waals surface area contributed by atoms with E-state index in [0.717, 1.165) is 17.2 Å². The van der Waals surface area contributed by atoms with Gasteiger partial charge in [0.05, 0.1) is 5.69 Å². The Kier molecular flexibility index (Phi) is 2.54.